The quantitative estimate of drug-likeness (QED) is 0.351. The fraction of sp³-hybridized carbons (Fsp3) is 0.357. The molecular formula is C14H16IN3O4. The number of benzene rings is 1. The minimum atomic E-state index is -0.782. The number of rotatable bonds is 5. The Labute approximate surface area is 141 Å². The molecule has 0 aliphatic carbocycles. The van der Waals surface area contributed by atoms with E-state index in [1.54, 1.807) is 24.3 Å². The van der Waals surface area contributed by atoms with Gasteiger partial charge in [-0.05, 0) is 17.7 Å². The highest BCUT2D eigenvalue weighted by molar-refractivity contribution is 14.1. The van der Waals surface area contributed by atoms with E-state index in [9.17, 15) is 14.4 Å². The van der Waals surface area contributed by atoms with Crippen LogP contribution in [0.4, 0.5) is 0 Å². The number of alkyl halides is 1. The summed E-state index contributed by atoms with van der Waals surface area (Å²) in [7, 11) is 0. The van der Waals surface area contributed by atoms with Crippen LogP contribution in [-0.4, -0.2) is 52.0 Å². The molecule has 2 rings (SSSR count). The molecule has 0 saturated carbocycles. The molecule has 0 bridgehead atoms. The first kappa shape index (κ1) is 16.7. The smallest absolute Gasteiger partial charge is 0.251 e. The van der Waals surface area contributed by atoms with Crippen molar-refractivity contribution in [3.8, 4) is 0 Å². The van der Waals surface area contributed by atoms with Crippen LogP contribution >= 0.6 is 22.6 Å². The van der Waals surface area contributed by atoms with Crippen LogP contribution in [0.1, 0.15) is 22.0 Å². The monoisotopic (exact) mass is 417 g/mol. The van der Waals surface area contributed by atoms with Crippen molar-refractivity contribution in [2.75, 3.05) is 24.2 Å². The molecule has 0 aromatic heterocycles. The summed E-state index contributed by atoms with van der Waals surface area (Å²) >= 11 is 2.04. The summed E-state index contributed by atoms with van der Waals surface area (Å²) in [6.07, 6.45) is 0. The number of piperazine rings is 1. The van der Waals surface area contributed by atoms with Crippen LogP contribution in [-0.2, 0) is 9.59 Å². The third kappa shape index (κ3) is 3.55. The average molecular weight is 417 g/mol. The molecule has 3 N–H and O–H groups in total. The third-order valence-corrected chi connectivity index (χ3v) is 3.73. The van der Waals surface area contributed by atoms with Crippen LogP contribution in [0.15, 0.2) is 24.3 Å². The lowest BCUT2D eigenvalue weighted by atomic mass is 10.0. The Morgan fingerprint density at radius 1 is 1.36 bits per heavy atom. The molecule has 1 aromatic rings. The van der Waals surface area contributed by atoms with Gasteiger partial charge < -0.3 is 20.6 Å². The van der Waals surface area contributed by atoms with E-state index in [-0.39, 0.29) is 37.4 Å². The van der Waals surface area contributed by atoms with Crippen molar-refractivity contribution in [2.45, 2.75) is 6.04 Å². The minimum absolute atomic E-state index is 0.0640. The standard InChI is InChI=1S/C14H16IN3O4/c15-8-17-13(21)10-3-1-9(2-4-10)12-14(22)16-7-11(20)18(12)5-6-19/h1-4,12,19H,5-8H2,(H,16,22)(H,17,21). The predicted octanol–water partition coefficient (Wildman–Crippen LogP) is -0.199. The number of carbonyl (C=O) groups is 3. The van der Waals surface area contributed by atoms with Crippen molar-refractivity contribution in [1.29, 1.82) is 0 Å². The Kier molecular flexibility index (Phi) is 5.72. The van der Waals surface area contributed by atoms with Gasteiger partial charge >= 0.3 is 0 Å². The van der Waals surface area contributed by atoms with Crippen molar-refractivity contribution < 1.29 is 19.5 Å². The molecule has 118 valence electrons. The first-order chi connectivity index (χ1) is 10.6. The summed E-state index contributed by atoms with van der Waals surface area (Å²) in [4.78, 5) is 37.1. The van der Waals surface area contributed by atoms with Crippen molar-refractivity contribution in [1.82, 2.24) is 15.5 Å². The number of hydrogen-bond acceptors (Lipinski definition) is 4. The lowest BCUT2D eigenvalue weighted by Gasteiger charge is -2.34. The van der Waals surface area contributed by atoms with E-state index in [4.69, 9.17) is 5.11 Å². The zero-order chi connectivity index (χ0) is 16.1. The highest BCUT2D eigenvalue weighted by atomic mass is 127. The maximum Gasteiger partial charge on any atom is 0.251 e. The van der Waals surface area contributed by atoms with Crippen LogP contribution < -0.4 is 10.6 Å². The average Bonchev–Trinajstić information content (AvgIpc) is 2.52. The van der Waals surface area contributed by atoms with E-state index < -0.39 is 6.04 Å². The lowest BCUT2D eigenvalue weighted by Crippen LogP contribution is -2.54. The van der Waals surface area contributed by atoms with Crippen LogP contribution in [0.25, 0.3) is 0 Å². The van der Waals surface area contributed by atoms with E-state index in [0.717, 1.165) is 0 Å². The number of nitrogens with one attached hydrogen (secondary N) is 2. The van der Waals surface area contributed by atoms with Gasteiger partial charge in [0.25, 0.3) is 5.91 Å². The van der Waals surface area contributed by atoms with Gasteiger partial charge in [-0.1, -0.05) is 34.7 Å². The van der Waals surface area contributed by atoms with Gasteiger partial charge in [0.2, 0.25) is 11.8 Å². The fourth-order valence-corrected chi connectivity index (χ4v) is 2.67. The summed E-state index contributed by atoms with van der Waals surface area (Å²) in [5.74, 6) is -0.736. The number of aliphatic hydroxyl groups excluding tert-OH is 1. The second-order valence-corrected chi connectivity index (χ2v) is 5.46. The van der Waals surface area contributed by atoms with Crippen molar-refractivity contribution in [2.24, 2.45) is 0 Å². The second-order valence-electron chi connectivity index (χ2n) is 4.69. The number of nitrogens with zero attached hydrogens (tertiary/aromatic N) is 1. The molecule has 1 aliphatic heterocycles. The molecule has 1 aliphatic rings. The molecule has 1 fully saturated rings. The largest absolute Gasteiger partial charge is 0.395 e. The molecule has 1 unspecified atom stereocenters. The molecule has 1 atom stereocenters. The second kappa shape index (κ2) is 7.54. The van der Waals surface area contributed by atoms with Gasteiger partial charge in [0, 0.05) is 12.1 Å². The number of hydrogen-bond donors (Lipinski definition) is 3. The lowest BCUT2D eigenvalue weighted by molar-refractivity contribution is -0.146. The number of β-amino-alcohol motifs (C(OH)–C–C–N with tert-alkyl or cyclic N) is 1. The molecule has 1 heterocycles. The molecule has 0 spiro atoms. The highest BCUT2D eigenvalue weighted by Gasteiger charge is 2.35. The summed E-state index contributed by atoms with van der Waals surface area (Å²) in [6.45, 7) is -0.189. The van der Waals surface area contributed by atoms with Gasteiger partial charge in [-0.15, -0.1) is 0 Å². The molecule has 8 heteroatoms. The van der Waals surface area contributed by atoms with Crippen molar-refractivity contribution >= 4 is 40.3 Å². The van der Waals surface area contributed by atoms with Crippen LogP contribution in [0.2, 0.25) is 0 Å². The van der Waals surface area contributed by atoms with E-state index in [2.05, 4.69) is 10.6 Å². The normalized spacial score (nSPS) is 18.1. The van der Waals surface area contributed by atoms with Gasteiger partial charge in [-0.2, -0.15) is 0 Å². The first-order valence-electron chi connectivity index (χ1n) is 6.70. The van der Waals surface area contributed by atoms with E-state index >= 15 is 0 Å². The number of carbonyl (C=O) groups excluding carboxylic acids is 3. The number of aliphatic hydroxyl groups is 1. The zero-order valence-electron chi connectivity index (χ0n) is 11.7. The van der Waals surface area contributed by atoms with Gasteiger partial charge in [0.1, 0.15) is 6.04 Å². The third-order valence-electron chi connectivity index (χ3n) is 3.35. The van der Waals surface area contributed by atoms with Crippen LogP contribution in [0.3, 0.4) is 0 Å². The maximum absolute atomic E-state index is 12.1. The van der Waals surface area contributed by atoms with Crippen molar-refractivity contribution in [3.63, 3.8) is 0 Å². The molecule has 22 heavy (non-hydrogen) atoms. The molecule has 1 saturated heterocycles. The van der Waals surface area contributed by atoms with Gasteiger partial charge in [0.15, 0.2) is 0 Å². The SMILES string of the molecule is O=C(NCI)c1ccc(C2C(=O)NCC(=O)N2CCO)cc1. The molecule has 1 aromatic carbocycles. The Balaban J connectivity index is 2.25. The zero-order valence-corrected chi connectivity index (χ0v) is 13.9. The molecule has 3 amide bonds. The fourth-order valence-electron chi connectivity index (χ4n) is 2.32. The van der Waals surface area contributed by atoms with Gasteiger partial charge in [-0.3, -0.25) is 14.4 Å². The van der Waals surface area contributed by atoms with Crippen LogP contribution in [0, 0.1) is 0 Å². The van der Waals surface area contributed by atoms with Gasteiger partial charge in [0.05, 0.1) is 17.7 Å². The Morgan fingerprint density at radius 2 is 2.05 bits per heavy atom. The van der Waals surface area contributed by atoms with E-state index in [1.165, 1.54) is 4.90 Å². The summed E-state index contributed by atoms with van der Waals surface area (Å²) in [6, 6.07) is 5.74. The Bertz CT molecular complexity index is 576. The summed E-state index contributed by atoms with van der Waals surface area (Å²) in [5, 5.41) is 14.3. The Morgan fingerprint density at radius 3 is 2.64 bits per heavy atom. The van der Waals surface area contributed by atoms with E-state index in [1.807, 2.05) is 22.6 Å². The summed E-state index contributed by atoms with van der Waals surface area (Å²) in [5.41, 5.74) is 1.08. The topological polar surface area (TPSA) is 98.7 Å². The van der Waals surface area contributed by atoms with Crippen molar-refractivity contribution in [3.05, 3.63) is 35.4 Å². The summed E-state index contributed by atoms with van der Waals surface area (Å²) < 4.78 is 0.502. The maximum atomic E-state index is 12.1. The van der Waals surface area contributed by atoms with E-state index in [0.29, 0.717) is 15.7 Å². The number of halogens is 1. The molecule has 0 radical (unpaired) electrons. The molecular weight excluding hydrogens is 401 g/mol. The Hall–Kier alpha value is -1.68. The predicted molar refractivity (Wildman–Crippen MR) is 87.3 cm³/mol. The van der Waals surface area contributed by atoms with Gasteiger partial charge in [-0.25, -0.2) is 0 Å². The van der Waals surface area contributed by atoms with Crippen LogP contribution in [0.5, 0.6) is 0 Å². The minimum Gasteiger partial charge on any atom is -0.395 e. The highest BCUT2D eigenvalue weighted by Crippen LogP contribution is 2.24. The molecule has 7 nitrogen and oxygen atoms in total. The first-order valence-corrected chi connectivity index (χ1v) is 8.23. The number of amides is 3.